The van der Waals surface area contributed by atoms with E-state index in [4.69, 9.17) is 0 Å². The van der Waals surface area contributed by atoms with E-state index in [0.29, 0.717) is 36.8 Å². The second kappa shape index (κ2) is 8.08. The molecule has 0 unspecified atom stereocenters. The van der Waals surface area contributed by atoms with Crippen molar-refractivity contribution in [3.63, 3.8) is 0 Å². The van der Waals surface area contributed by atoms with Crippen LogP contribution in [0.15, 0.2) is 24.3 Å². The van der Waals surface area contributed by atoms with Gasteiger partial charge in [0.25, 0.3) is 0 Å². The summed E-state index contributed by atoms with van der Waals surface area (Å²) in [6.45, 7) is 3.62. The largest absolute Gasteiger partial charge is 0.339 e. The highest BCUT2D eigenvalue weighted by Gasteiger charge is 2.40. The zero-order valence-corrected chi connectivity index (χ0v) is 15.7. The Balaban J connectivity index is 1.38. The molecule has 3 aliphatic rings. The smallest absolute Gasteiger partial charge is 0.222 e. The van der Waals surface area contributed by atoms with Crippen LogP contribution in [0.25, 0.3) is 0 Å². The van der Waals surface area contributed by atoms with Crippen molar-refractivity contribution in [2.24, 2.45) is 11.8 Å². The van der Waals surface area contributed by atoms with Crippen molar-refractivity contribution in [2.75, 3.05) is 19.6 Å². The van der Waals surface area contributed by atoms with E-state index in [1.165, 1.54) is 32.1 Å². The Hall–Kier alpha value is -1.42. The maximum atomic E-state index is 14.0. The van der Waals surface area contributed by atoms with Crippen molar-refractivity contribution in [2.45, 2.75) is 64.0 Å². The Morgan fingerprint density at radius 2 is 1.85 bits per heavy atom. The molecule has 2 heterocycles. The fraction of sp³-hybridized carbons (Fsp3) is 0.682. The van der Waals surface area contributed by atoms with Crippen molar-refractivity contribution in [3.8, 4) is 0 Å². The molecule has 26 heavy (non-hydrogen) atoms. The number of carbonyl (C=O) groups is 1. The summed E-state index contributed by atoms with van der Waals surface area (Å²) in [5, 5.41) is 0. The molecule has 3 fully saturated rings. The molecular weight excluding hydrogens is 327 g/mol. The van der Waals surface area contributed by atoms with Crippen LogP contribution in [0, 0.1) is 17.7 Å². The second-order valence-electron chi connectivity index (χ2n) is 8.53. The molecule has 1 aliphatic carbocycles. The highest BCUT2D eigenvalue weighted by atomic mass is 19.1. The van der Waals surface area contributed by atoms with E-state index in [1.807, 2.05) is 12.1 Å². The van der Waals surface area contributed by atoms with E-state index in [9.17, 15) is 9.18 Å². The highest BCUT2D eigenvalue weighted by Crippen LogP contribution is 2.34. The van der Waals surface area contributed by atoms with Crippen molar-refractivity contribution >= 4 is 5.91 Å². The zero-order chi connectivity index (χ0) is 17.9. The molecule has 2 atom stereocenters. The van der Waals surface area contributed by atoms with E-state index in [1.54, 1.807) is 12.1 Å². The molecule has 1 saturated carbocycles. The van der Waals surface area contributed by atoms with Crippen LogP contribution in [-0.2, 0) is 11.3 Å². The Labute approximate surface area is 156 Å². The van der Waals surface area contributed by atoms with Gasteiger partial charge < -0.3 is 4.90 Å². The summed E-state index contributed by atoms with van der Waals surface area (Å²) in [4.78, 5) is 17.2. The zero-order valence-electron chi connectivity index (χ0n) is 15.7. The Morgan fingerprint density at radius 1 is 1.04 bits per heavy atom. The number of rotatable bonds is 4. The van der Waals surface area contributed by atoms with Gasteiger partial charge in [0.05, 0.1) is 0 Å². The molecule has 1 aromatic rings. The molecule has 0 aromatic heterocycles. The van der Waals surface area contributed by atoms with Gasteiger partial charge in [-0.1, -0.05) is 37.5 Å². The van der Waals surface area contributed by atoms with E-state index in [2.05, 4.69) is 9.80 Å². The molecule has 142 valence electrons. The standard InChI is InChI=1S/C22H31FN2O/c23-20-9-5-4-8-18(20)15-24-13-12-21-19(16-24)10-11-22(26)25(21)14-17-6-2-1-3-7-17/h4-5,8-9,17,19,21H,1-3,6-7,10-16H2/t19-,21+/m1/s1. The van der Waals surface area contributed by atoms with Crippen LogP contribution in [0.2, 0.25) is 0 Å². The first kappa shape index (κ1) is 18.0. The summed E-state index contributed by atoms with van der Waals surface area (Å²) in [5.74, 6) is 1.53. The molecular formula is C22H31FN2O. The molecule has 1 aromatic carbocycles. The fourth-order valence-electron chi connectivity index (χ4n) is 5.32. The predicted octanol–water partition coefficient (Wildman–Crippen LogP) is 4.22. The number of fused-ring (bicyclic) bond motifs is 1. The Bertz CT molecular complexity index is 628. The molecule has 0 spiro atoms. The van der Waals surface area contributed by atoms with Gasteiger partial charge in [0.1, 0.15) is 5.82 Å². The van der Waals surface area contributed by atoms with Gasteiger partial charge in [0, 0.05) is 44.2 Å². The minimum atomic E-state index is -0.104. The van der Waals surface area contributed by atoms with E-state index < -0.39 is 0 Å². The number of benzene rings is 1. The lowest BCUT2D eigenvalue weighted by molar-refractivity contribution is -0.142. The van der Waals surface area contributed by atoms with Crippen LogP contribution in [0.4, 0.5) is 4.39 Å². The molecule has 0 radical (unpaired) electrons. The Morgan fingerprint density at radius 3 is 2.65 bits per heavy atom. The summed E-state index contributed by atoms with van der Waals surface area (Å²) >= 11 is 0. The molecule has 1 amide bonds. The molecule has 2 aliphatic heterocycles. The molecule has 0 N–H and O–H groups in total. The van der Waals surface area contributed by atoms with Crippen molar-refractivity contribution < 1.29 is 9.18 Å². The van der Waals surface area contributed by atoms with Gasteiger partial charge in [-0.2, -0.15) is 0 Å². The molecule has 3 nitrogen and oxygen atoms in total. The molecule has 4 heteroatoms. The SMILES string of the molecule is O=C1CC[C@@H]2CN(Cc3ccccc3F)CC[C@@H]2N1CC1CCCCC1. The number of hydrogen-bond donors (Lipinski definition) is 0. The number of carbonyl (C=O) groups excluding carboxylic acids is 1. The van der Waals surface area contributed by atoms with Gasteiger partial charge in [0.2, 0.25) is 5.91 Å². The lowest BCUT2D eigenvalue weighted by atomic mass is 9.81. The quantitative estimate of drug-likeness (QED) is 0.805. The van der Waals surface area contributed by atoms with Gasteiger partial charge in [-0.15, -0.1) is 0 Å². The van der Waals surface area contributed by atoms with Gasteiger partial charge in [-0.25, -0.2) is 4.39 Å². The summed E-state index contributed by atoms with van der Waals surface area (Å²) in [7, 11) is 0. The van der Waals surface area contributed by atoms with Gasteiger partial charge in [-0.3, -0.25) is 9.69 Å². The van der Waals surface area contributed by atoms with E-state index in [-0.39, 0.29) is 5.82 Å². The number of halogens is 1. The first-order valence-corrected chi connectivity index (χ1v) is 10.5. The Kier molecular flexibility index (Phi) is 5.58. The highest BCUT2D eigenvalue weighted by molar-refractivity contribution is 5.77. The van der Waals surface area contributed by atoms with Crippen LogP contribution in [0.1, 0.15) is 56.9 Å². The lowest BCUT2D eigenvalue weighted by Crippen LogP contribution is -2.56. The van der Waals surface area contributed by atoms with E-state index in [0.717, 1.165) is 38.0 Å². The first-order chi connectivity index (χ1) is 12.7. The third kappa shape index (κ3) is 3.95. The summed E-state index contributed by atoms with van der Waals surface area (Å²) in [6, 6.07) is 7.52. The van der Waals surface area contributed by atoms with Crippen LogP contribution < -0.4 is 0 Å². The van der Waals surface area contributed by atoms with E-state index >= 15 is 0 Å². The summed E-state index contributed by atoms with van der Waals surface area (Å²) in [5.41, 5.74) is 0.789. The average molecular weight is 359 g/mol. The number of hydrogen-bond acceptors (Lipinski definition) is 2. The maximum Gasteiger partial charge on any atom is 0.222 e. The fourth-order valence-corrected chi connectivity index (χ4v) is 5.32. The van der Waals surface area contributed by atoms with Crippen molar-refractivity contribution in [1.82, 2.24) is 9.80 Å². The molecule has 0 bridgehead atoms. The summed E-state index contributed by atoms with van der Waals surface area (Å²) in [6.07, 6.45) is 9.34. The topological polar surface area (TPSA) is 23.6 Å². The molecule has 4 rings (SSSR count). The number of nitrogens with zero attached hydrogens (tertiary/aromatic N) is 2. The average Bonchev–Trinajstić information content (AvgIpc) is 2.67. The predicted molar refractivity (Wildman–Crippen MR) is 101 cm³/mol. The van der Waals surface area contributed by atoms with Crippen LogP contribution in [-0.4, -0.2) is 41.4 Å². The minimum absolute atomic E-state index is 0.104. The van der Waals surface area contributed by atoms with Gasteiger partial charge >= 0.3 is 0 Å². The normalized spacial score (nSPS) is 28.2. The van der Waals surface area contributed by atoms with Gasteiger partial charge in [-0.05, 0) is 43.6 Å². The van der Waals surface area contributed by atoms with Crippen LogP contribution >= 0.6 is 0 Å². The number of piperidine rings is 2. The maximum absolute atomic E-state index is 14.0. The number of amides is 1. The van der Waals surface area contributed by atoms with Gasteiger partial charge in [0.15, 0.2) is 0 Å². The molecule has 2 saturated heterocycles. The first-order valence-electron chi connectivity index (χ1n) is 10.5. The van der Waals surface area contributed by atoms with Crippen LogP contribution in [0.3, 0.4) is 0 Å². The number of likely N-dealkylation sites (tertiary alicyclic amines) is 2. The third-order valence-corrected chi connectivity index (χ3v) is 6.76. The monoisotopic (exact) mass is 358 g/mol. The van der Waals surface area contributed by atoms with Crippen molar-refractivity contribution in [1.29, 1.82) is 0 Å². The third-order valence-electron chi connectivity index (χ3n) is 6.76. The van der Waals surface area contributed by atoms with Crippen LogP contribution in [0.5, 0.6) is 0 Å². The lowest BCUT2D eigenvalue weighted by Gasteiger charge is -2.48. The minimum Gasteiger partial charge on any atom is -0.339 e. The van der Waals surface area contributed by atoms with Crippen molar-refractivity contribution in [3.05, 3.63) is 35.6 Å². The summed E-state index contributed by atoms with van der Waals surface area (Å²) < 4.78 is 14.0. The second-order valence-corrected chi connectivity index (χ2v) is 8.53.